The SMILES string of the molecule is CC(C)NC(=O)c1ccc2nc(-c3ccccn3)oc2c1. The van der Waals surface area contributed by atoms with Crippen molar-refractivity contribution in [3.63, 3.8) is 0 Å². The van der Waals surface area contributed by atoms with Gasteiger partial charge in [-0.05, 0) is 44.2 Å². The van der Waals surface area contributed by atoms with Crippen LogP contribution in [-0.2, 0) is 0 Å². The number of carbonyl (C=O) groups is 1. The quantitative estimate of drug-likeness (QED) is 0.801. The van der Waals surface area contributed by atoms with Crippen molar-refractivity contribution in [2.45, 2.75) is 19.9 Å². The normalized spacial score (nSPS) is 11.0. The summed E-state index contributed by atoms with van der Waals surface area (Å²) in [6.07, 6.45) is 1.69. The van der Waals surface area contributed by atoms with Crippen LogP contribution in [-0.4, -0.2) is 21.9 Å². The van der Waals surface area contributed by atoms with E-state index >= 15 is 0 Å². The van der Waals surface area contributed by atoms with E-state index in [-0.39, 0.29) is 11.9 Å². The third-order valence-electron chi connectivity index (χ3n) is 2.95. The molecule has 106 valence electrons. The highest BCUT2D eigenvalue weighted by atomic mass is 16.3. The van der Waals surface area contributed by atoms with Crippen molar-refractivity contribution in [2.75, 3.05) is 0 Å². The fraction of sp³-hybridized carbons (Fsp3) is 0.188. The zero-order valence-corrected chi connectivity index (χ0v) is 11.8. The van der Waals surface area contributed by atoms with E-state index < -0.39 is 0 Å². The van der Waals surface area contributed by atoms with Gasteiger partial charge < -0.3 is 9.73 Å². The van der Waals surface area contributed by atoms with E-state index in [1.807, 2.05) is 32.0 Å². The summed E-state index contributed by atoms with van der Waals surface area (Å²) in [5.74, 6) is 0.328. The summed E-state index contributed by atoms with van der Waals surface area (Å²) in [4.78, 5) is 20.6. The Kier molecular flexibility index (Phi) is 3.39. The highest BCUT2D eigenvalue weighted by Crippen LogP contribution is 2.23. The lowest BCUT2D eigenvalue weighted by atomic mass is 10.2. The molecule has 0 bridgehead atoms. The largest absolute Gasteiger partial charge is 0.435 e. The van der Waals surface area contributed by atoms with Crippen LogP contribution in [0.15, 0.2) is 47.0 Å². The topological polar surface area (TPSA) is 68.0 Å². The number of hydrogen-bond donors (Lipinski definition) is 1. The second-order valence-corrected chi connectivity index (χ2v) is 5.04. The second-order valence-electron chi connectivity index (χ2n) is 5.04. The number of aromatic nitrogens is 2. The smallest absolute Gasteiger partial charge is 0.251 e. The van der Waals surface area contributed by atoms with E-state index in [9.17, 15) is 4.79 Å². The molecule has 3 aromatic rings. The van der Waals surface area contributed by atoms with Crippen LogP contribution in [0.4, 0.5) is 0 Å². The van der Waals surface area contributed by atoms with Gasteiger partial charge in [-0.1, -0.05) is 6.07 Å². The number of nitrogens with zero attached hydrogens (tertiary/aromatic N) is 2. The van der Waals surface area contributed by atoms with Crippen LogP contribution >= 0.6 is 0 Å². The maximum absolute atomic E-state index is 12.0. The van der Waals surface area contributed by atoms with Crippen LogP contribution in [0.1, 0.15) is 24.2 Å². The maximum Gasteiger partial charge on any atom is 0.251 e. The lowest BCUT2D eigenvalue weighted by molar-refractivity contribution is 0.0943. The molecule has 1 aromatic carbocycles. The zero-order valence-electron chi connectivity index (χ0n) is 11.8. The summed E-state index contributed by atoms with van der Waals surface area (Å²) in [6.45, 7) is 3.84. The Morgan fingerprint density at radius 3 is 2.81 bits per heavy atom. The first-order valence-electron chi connectivity index (χ1n) is 6.76. The third kappa shape index (κ3) is 2.76. The maximum atomic E-state index is 12.0. The van der Waals surface area contributed by atoms with E-state index in [0.717, 1.165) is 0 Å². The summed E-state index contributed by atoms with van der Waals surface area (Å²) in [5.41, 5.74) is 2.51. The van der Waals surface area contributed by atoms with Gasteiger partial charge in [0.2, 0.25) is 5.89 Å². The third-order valence-corrected chi connectivity index (χ3v) is 2.95. The highest BCUT2D eigenvalue weighted by molar-refractivity contribution is 5.97. The summed E-state index contributed by atoms with van der Waals surface area (Å²) >= 11 is 0. The summed E-state index contributed by atoms with van der Waals surface area (Å²) in [5, 5.41) is 2.85. The minimum absolute atomic E-state index is 0.0898. The lowest BCUT2D eigenvalue weighted by Gasteiger charge is -2.07. The fourth-order valence-corrected chi connectivity index (χ4v) is 2.01. The van der Waals surface area contributed by atoms with Crippen molar-refractivity contribution in [3.05, 3.63) is 48.2 Å². The van der Waals surface area contributed by atoms with Crippen molar-refractivity contribution in [3.8, 4) is 11.6 Å². The monoisotopic (exact) mass is 281 g/mol. The van der Waals surface area contributed by atoms with Gasteiger partial charge in [-0.25, -0.2) is 4.98 Å². The van der Waals surface area contributed by atoms with E-state index in [1.165, 1.54) is 0 Å². The van der Waals surface area contributed by atoms with Gasteiger partial charge in [-0.2, -0.15) is 0 Å². The predicted molar refractivity (Wildman–Crippen MR) is 79.8 cm³/mol. The fourth-order valence-electron chi connectivity index (χ4n) is 2.01. The second kappa shape index (κ2) is 5.36. The Morgan fingerprint density at radius 1 is 1.24 bits per heavy atom. The van der Waals surface area contributed by atoms with Crippen LogP contribution in [0.5, 0.6) is 0 Å². The standard InChI is InChI=1S/C16H15N3O2/c1-10(2)18-15(20)11-6-7-12-14(9-11)21-16(19-12)13-5-3-4-8-17-13/h3-10H,1-2H3,(H,18,20). The number of carbonyl (C=O) groups excluding carboxylic acids is 1. The van der Waals surface area contributed by atoms with Gasteiger partial charge in [-0.15, -0.1) is 0 Å². The Morgan fingerprint density at radius 2 is 2.10 bits per heavy atom. The number of benzene rings is 1. The highest BCUT2D eigenvalue weighted by Gasteiger charge is 2.12. The van der Waals surface area contributed by atoms with E-state index in [2.05, 4.69) is 15.3 Å². The molecule has 1 amide bonds. The zero-order chi connectivity index (χ0) is 14.8. The van der Waals surface area contributed by atoms with Gasteiger partial charge in [0.15, 0.2) is 5.58 Å². The molecule has 5 heteroatoms. The molecule has 0 atom stereocenters. The van der Waals surface area contributed by atoms with Gasteiger partial charge in [-0.3, -0.25) is 9.78 Å². The number of rotatable bonds is 3. The first kappa shape index (κ1) is 13.3. The predicted octanol–water partition coefficient (Wildman–Crippen LogP) is 3.03. The molecule has 0 radical (unpaired) electrons. The van der Waals surface area contributed by atoms with E-state index in [1.54, 1.807) is 24.4 Å². The van der Waals surface area contributed by atoms with Crippen LogP contribution < -0.4 is 5.32 Å². The number of pyridine rings is 1. The minimum Gasteiger partial charge on any atom is -0.435 e. The van der Waals surface area contributed by atoms with Crippen molar-refractivity contribution in [1.82, 2.24) is 15.3 Å². The summed E-state index contributed by atoms with van der Waals surface area (Å²) in [7, 11) is 0. The van der Waals surface area contributed by atoms with Gasteiger partial charge in [0.1, 0.15) is 11.2 Å². The van der Waals surface area contributed by atoms with Crippen molar-refractivity contribution >= 4 is 17.0 Å². The van der Waals surface area contributed by atoms with E-state index in [0.29, 0.717) is 28.2 Å². The number of hydrogen-bond acceptors (Lipinski definition) is 4. The Labute approximate surface area is 122 Å². The molecule has 0 saturated carbocycles. The molecule has 0 aliphatic carbocycles. The molecular weight excluding hydrogens is 266 g/mol. The van der Waals surface area contributed by atoms with Crippen LogP contribution in [0.25, 0.3) is 22.7 Å². The lowest BCUT2D eigenvalue weighted by Crippen LogP contribution is -2.29. The minimum atomic E-state index is -0.123. The Balaban J connectivity index is 1.97. The molecule has 3 rings (SSSR count). The van der Waals surface area contributed by atoms with Gasteiger partial charge in [0.25, 0.3) is 5.91 Å². The van der Waals surface area contributed by atoms with Gasteiger partial charge in [0, 0.05) is 17.8 Å². The first-order chi connectivity index (χ1) is 10.1. The number of fused-ring (bicyclic) bond motifs is 1. The van der Waals surface area contributed by atoms with Crippen LogP contribution in [0.2, 0.25) is 0 Å². The van der Waals surface area contributed by atoms with Crippen LogP contribution in [0, 0.1) is 0 Å². The number of nitrogens with one attached hydrogen (secondary N) is 1. The van der Waals surface area contributed by atoms with Crippen molar-refractivity contribution in [2.24, 2.45) is 0 Å². The van der Waals surface area contributed by atoms with Gasteiger partial charge in [0.05, 0.1) is 0 Å². The molecule has 1 N–H and O–H groups in total. The molecule has 0 saturated heterocycles. The van der Waals surface area contributed by atoms with Crippen molar-refractivity contribution < 1.29 is 9.21 Å². The molecule has 0 spiro atoms. The molecule has 5 nitrogen and oxygen atoms in total. The molecule has 0 aliphatic rings. The Bertz CT molecular complexity index is 779. The Hall–Kier alpha value is -2.69. The average molecular weight is 281 g/mol. The van der Waals surface area contributed by atoms with Crippen molar-refractivity contribution in [1.29, 1.82) is 0 Å². The first-order valence-corrected chi connectivity index (χ1v) is 6.76. The van der Waals surface area contributed by atoms with Crippen LogP contribution in [0.3, 0.4) is 0 Å². The molecule has 2 aromatic heterocycles. The molecule has 0 aliphatic heterocycles. The number of amides is 1. The van der Waals surface area contributed by atoms with E-state index in [4.69, 9.17) is 4.42 Å². The molecule has 0 fully saturated rings. The molecular formula is C16H15N3O2. The van der Waals surface area contributed by atoms with Gasteiger partial charge >= 0.3 is 0 Å². The average Bonchev–Trinajstić information content (AvgIpc) is 2.90. The molecule has 21 heavy (non-hydrogen) atoms. The molecule has 2 heterocycles. The summed E-state index contributed by atoms with van der Waals surface area (Å²) < 4.78 is 5.70. The molecule has 0 unspecified atom stereocenters. The number of oxazole rings is 1. The summed E-state index contributed by atoms with van der Waals surface area (Å²) in [6, 6.07) is 10.8.